The average Bonchev–Trinajstić information content (AvgIpc) is 2.78. The van der Waals surface area contributed by atoms with Crippen molar-refractivity contribution in [1.82, 2.24) is 0 Å². The van der Waals surface area contributed by atoms with Gasteiger partial charge in [-0.05, 0) is 53.8 Å². The number of unbranched alkanes of at least 4 members (excludes halogenated alkanes) is 7. The Morgan fingerprint density at radius 1 is 0.865 bits per heavy atom. The van der Waals surface area contributed by atoms with Crippen molar-refractivity contribution < 1.29 is 110 Å². The monoisotopic (exact) mass is 584 g/mol. The van der Waals surface area contributed by atoms with Gasteiger partial charge in [-0.1, -0.05) is 51.9 Å². The molecule has 0 bridgehead atoms. The molecule has 0 unspecified atom stereocenters. The van der Waals surface area contributed by atoms with Crippen molar-refractivity contribution in [2.75, 3.05) is 13.2 Å². The van der Waals surface area contributed by atoms with Gasteiger partial charge >= 0.3 is 71.1 Å². The van der Waals surface area contributed by atoms with Crippen molar-refractivity contribution in [3.63, 3.8) is 0 Å². The number of terminal acetylenes is 1. The Kier molecular flexibility index (Phi) is 34.8. The molecule has 0 rings (SSSR count). The number of phosphoric acid groups is 1. The number of carbonyl (C=O) groups is 2. The van der Waals surface area contributed by atoms with E-state index in [1.54, 1.807) is 0 Å². The summed E-state index contributed by atoms with van der Waals surface area (Å²) in [7, 11) is -5.30. The van der Waals surface area contributed by atoms with E-state index in [-0.39, 0.29) is 91.9 Å². The Morgan fingerprint density at radius 3 is 1.92 bits per heavy atom. The molecule has 0 saturated heterocycles. The van der Waals surface area contributed by atoms with E-state index in [0.29, 0.717) is 6.42 Å². The second-order valence-corrected chi connectivity index (χ2v) is 7.98. The van der Waals surface area contributed by atoms with Crippen molar-refractivity contribution >= 4 is 33.3 Å². The smallest absolute Gasteiger partial charge is 0.790 e. The van der Waals surface area contributed by atoms with Gasteiger partial charge in [0.15, 0.2) is 6.10 Å². The molecule has 0 heterocycles. The van der Waals surface area contributed by atoms with Gasteiger partial charge in [-0.3, -0.25) is 4.79 Å². The zero-order valence-electron chi connectivity index (χ0n) is 21.6. The molecule has 0 aliphatic heterocycles. The van der Waals surface area contributed by atoms with E-state index in [4.69, 9.17) is 15.9 Å². The summed E-state index contributed by atoms with van der Waals surface area (Å²) in [5, 5.41) is 0. The van der Waals surface area contributed by atoms with Gasteiger partial charge in [-0.15, -0.1) is 6.42 Å². The molecule has 1 atom stereocenters. The van der Waals surface area contributed by atoms with Crippen LogP contribution in [0.1, 0.15) is 77.6 Å². The number of hydrogen-bond donors (Lipinski definition) is 0. The minimum absolute atomic E-state index is 0. The first-order valence-corrected chi connectivity index (χ1v) is 12.2. The number of hydrogen-bond acceptors (Lipinski definition) is 8. The molecule has 0 fully saturated rings. The van der Waals surface area contributed by atoms with Crippen LogP contribution < -0.4 is 68.9 Å². The summed E-state index contributed by atoms with van der Waals surface area (Å²) in [6.07, 6.45) is 12.1. The fourth-order valence-electron chi connectivity index (χ4n) is 2.42. The molecule has 12 heteroatoms. The second-order valence-electron chi connectivity index (χ2n) is 6.82. The summed E-state index contributed by atoms with van der Waals surface area (Å²) in [4.78, 5) is 45.1. The Balaban J connectivity index is -0.0000000825. The summed E-state index contributed by atoms with van der Waals surface area (Å²) in [6, 6.07) is 0. The third-order valence-electron chi connectivity index (χ3n) is 3.96. The van der Waals surface area contributed by atoms with E-state index >= 15 is 0 Å². The van der Waals surface area contributed by atoms with Gasteiger partial charge in [0.05, 0.1) is 14.4 Å². The summed E-state index contributed by atoms with van der Waals surface area (Å²) in [6.45, 7) is 0.826. The van der Waals surface area contributed by atoms with E-state index in [0.717, 1.165) is 25.7 Å². The Bertz CT molecular complexity index is 1020. The Labute approximate surface area is 285 Å². The molecule has 0 aliphatic rings. The maximum atomic E-state index is 12.0. The van der Waals surface area contributed by atoms with E-state index in [1.165, 1.54) is 19.3 Å². The van der Waals surface area contributed by atoms with Gasteiger partial charge in [0.2, 0.25) is 0 Å². The number of ether oxygens (including phenoxy) is 2. The van der Waals surface area contributed by atoms with Crippen molar-refractivity contribution in [2.24, 2.45) is 0 Å². The van der Waals surface area contributed by atoms with Gasteiger partial charge in [-0.25, -0.2) is 4.79 Å². The van der Waals surface area contributed by atoms with Crippen LogP contribution in [0.15, 0.2) is 0 Å². The molecule has 0 spiro atoms. The van der Waals surface area contributed by atoms with Gasteiger partial charge in [-0.2, -0.15) is 13.5 Å². The maximum absolute atomic E-state index is 12.0. The Hall–Kier alpha value is -0.800. The van der Waals surface area contributed by atoms with Crippen LogP contribution in [-0.2, 0) is 28.2 Å². The van der Waals surface area contributed by atoms with Crippen LogP contribution in [0.2, 0.25) is 0 Å². The molecule has 0 amide bonds. The molecule has 0 aromatic rings. The van der Waals surface area contributed by atoms with E-state index in [2.05, 4.69) is 64.7 Å². The van der Waals surface area contributed by atoms with Gasteiger partial charge in [0.1, 0.15) is 6.61 Å². The standard InChI is InChI=1S/C25H29O8P.2Na.H2S.9H2/c1-3-5-7-9-11-13-15-17-19-24(26)31-21-23(22-32-34(28,29)30)33-25(27)20-18-16-14-12-10-8-6-4-2;;;;;;;;;;;;/h1,23H,4,6,8,10,12,14,16,18,20-22H2,2H3,(H2,28,29,30);;;1H2;9*1H/q;2*+1;;;;;;;;;;/p-2/t23-;;;;;;;;;;;;/m0............/s1. The largest absolute Gasteiger partial charge is 1.00 e. The number of rotatable bonds is 15. The van der Waals surface area contributed by atoms with Gasteiger partial charge in [0, 0.05) is 25.2 Å². The van der Waals surface area contributed by atoms with Crippen LogP contribution in [0.4, 0.5) is 0 Å². The van der Waals surface area contributed by atoms with E-state index < -0.39 is 39.1 Å². The quantitative estimate of drug-likeness (QED) is 0.0531. The van der Waals surface area contributed by atoms with Gasteiger partial charge in [0.25, 0.3) is 0 Å². The van der Waals surface area contributed by atoms with Gasteiger partial charge < -0.3 is 28.3 Å². The fourth-order valence-corrected chi connectivity index (χ4v) is 2.77. The minimum Gasteiger partial charge on any atom is -0.790 e. The predicted molar refractivity (Wildman–Crippen MR) is 151 cm³/mol. The molecule has 0 aromatic heterocycles. The summed E-state index contributed by atoms with van der Waals surface area (Å²) in [5.41, 5.74) is 0. The number of phosphoric ester groups is 1. The molecular formula is C25H47Na2O8PS. The first kappa shape index (κ1) is 43.3. The van der Waals surface area contributed by atoms with Crippen LogP contribution in [0.5, 0.6) is 0 Å². The SMILES string of the molecule is C#CC#CC#CC#CC#CC(=O)OC[C@@H](COP(=O)([O-])[O-])OC(=O)CCCCCCCCCC.S.[HH].[HH].[HH].[HH].[HH].[HH].[HH].[HH].[HH].[Na+].[Na+]. The first-order chi connectivity index (χ1) is 16.3. The zero-order valence-corrected chi connectivity index (χ0v) is 27.5. The fraction of sp³-hybridized carbons (Fsp3) is 0.520. The Morgan fingerprint density at radius 2 is 1.38 bits per heavy atom. The second kappa shape index (κ2) is 29.8. The molecule has 0 saturated carbocycles. The van der Waals surface area contributed by atoms with Crippen LogP contribution in [0.3, 0.4) is 0 Å². The summed E-state index contributed by atoms with van der Waals surface area (Å²) < 4.78 is 24.8. The predicted octanol–water partition coefficient (Wildman–Crippen LogP) is -2.20. The van der Waals surface area contributed by atoms with Crippen molar-refractivity contribution in [2.45, 2.75) is 70.8 Å². The van der Waals surface area contributed by atoms with Crippen LogP contribution >= 0.6 is 21.3 Å². The van der Waals surface area contributed by atoms with Crippen LogP contribution in [-0.4, -0.2) is 31.3 Å². The number of esters is 2. The molecule has 8 nitrogen and oxygen atoms in total. The topological polar surface area (TPSA) is 125 Å². The third kappa shape index (κ3) is 33.2. The van der Waals surface area contributed by atoms with Crippen molar-refractivity contribution in [3.8, 4) is 59.7 Å². The zero-order chi connectivity index (χ0) is 25.5. The summed E-state index contributed by atoms with van der Waals surface area (Å²) in [5.74, 6) is 18.5. The van der Waals surface area contributed by atoms with Crippen molar-refractivity contribution in [1.29, 1.82) is 0 Å². The average molecular weight is 585 g/mol. The molecular weight excluding hydrogens is 537 g/mol. The molecule has 0 radical (unpaired) electrons. The van der Waals surface area contributed by atoms with Crippen molar-refractivity contribution in [3.05, 3.63) is 0 Å². The number of carbonyl (C=O) groups excluding carboxylic acids is 2. The first-order valence-electron chi connectivity index (χ1n) is 10.8. The van der Waals surface area contributed by atoms with E-state index in [9.17, 15) is 23.9 Å². The van der Waals surface area contributed by atoms with Crippen LogP contribution in [0, 0.1) is 59.7 Å². The molecule has 37 heavy (non-hydrogen) atoms. The normalized spacial score (nSPS) is 9.46. The molecule has 0 N–H and O–H groups in total. The molecule has 0 aliphatic carbocycles. The van der Waals surface area contributed by atoms with Crippen LogP contribution in [0.25, 0.3) is 0 Å². The third-order valence-corrected chi connectivity index (χ3v) is 4.43. The van der Waals surface area contributed by atoms with E-state index in [1.807, 2.05) is 0 Å². The molecule has 0 aromatic carbocycles. The molecule has 208 valence electrons. The summed E-state index contributed by atoms with van der Waals surface area (Å²) >= 11 is 0. The minimum atomic E-state index is -5.30. The maximum Gasteiger partial charge on any atom is 1.00 e.